The third-order valence-electron chi connectivity index (χ3n) is 2.34. The molecule has 1 aromatic carbocycles. The van der Waals surface area contributed by atoms with Crippen molar-refractivity contribution in [2.75, 3.05) is 13.2 Å². The molecule has 1 rings (SSSR count). The lowest BCUT2D eigenvalue weighted by Crippen LogP contribution is -1.93. The smallest absolute Gasteiger partial charge is 0.335 e. The second-order valence-corrected chi connectivity index (χ2v) is 3.89. The first-order chi connectivity index (χ1) is 8.72. The minimum Gasteiger partial charge on any atom is -0.478 e. The van der Waals surface area contributed by atoms with E-state index in [2.05, 4.69) is 0 Å². The van der Waals surface area contributed by atoms with Crippen LogP contribution in [0.1, 0.15) is 42.5 Å². The molecule has 0 atom stereocenters. The lowest BCUT2D eigenvalue weighted by molar-refractivity contribution is 0.0697. The molecule has 0 unspecified atom stereocenters. The Morgan fingerprint density at radius 2 is 1.28 bits per heavy atom. The highest BCUT2D eigenvalue weighted by atomic mass is 16.4. The monoisotopic (exact) mass is 254 g/mol. The summed E-state index contributed by atoms with van der Waals surface area (Å²) >= 11 is 0. The number of hydrogen-bond donors (Lipinski definition) is 3. The van der Waals surface area contributed by atoms with Gasteiger partial charge >= 0.3 is 5.97 Å². The van der Waals surface area contributed by atoms with E-state index in [9.17, 15) is 4.79 Å². The highest BCUT2D eigenvalue weighted by Gasteiger charge is 1.96. The van der Waals surface area contributed by atoms with Crippen LogP contribution in [0.2, 0.25) is 0 Å². The van der Waals surface area contributed by atoms with Gasteiger partial charge in [0.1, 0.15) is 0 Å². The fourth-order valence-corrected chi connectivity index (χ4v) is 1.33. The molecule has 0 heterocycles. The predicted octanol–water partition coefficient (Wildman–Crippen LogP) is 2.31. The van der Waals surface area contributed by atoms with Crippen molar-refractivity contribution in [1.29, 1.82) is 0 Å². The Morgan fingerprint density at radius 3 is 1.61 bits per heavy atom. The molecule has 0 amide bonds. The van der Waals surface area contributed by atoms with E-state index in [1.54, 1.807) is 30.3 Å². The van der Waals surface area contributed by atoms with Crippen molar-refractivity contribution in [3.8, 4) is 0 Å². The van der Waals surface area contributed by atoms with Gasteiger partial charge in [-0.1, -0.05) is 37.5 Å². The molecule has 0 fully saturated rings. The Hall–Kier alpha value is -1.39. The van der Waals surface area contributed by atoms with E-state index in [0.717, 1.165) is 32.1 Å². The van der Waals surface area contributed by atoms with E-state index in [1.807, 2.05) is 0 Å². The first-order valence-corrected chi connectivity index (χ1v) is 6.22. The predicted molar refractivity (Wildman–Crippen MR) is 70.7 cm³/mol. The van der Waals surface area contributed by atoms with Gasteiger partial charge in [-0.05, 0) is 25.0 Å². The largest absolute Gasteiger partial charge is 0.478 e. The molecule has 0 aliphatic rings. The van der Waals surface area contributed by atoms with Crippen molar-refractivity contribution in [3.63, 3.8) is 0 Å². The number of carboxylic acids is 1. The van der Waals surface area contributed by atoms with Crippen molar-refractivity contribution < 1.29 is 20.1 Å². The van der Waals surface area contributed by atoms with Gasteiger partial charge in [0, 0.05) is 13.2 Å². The number of aliphatic hydroxyl groups excluding tert-OH is 2. The highest BCUT2D eigenvalue weighted by molar-refractivity contribution is 5.87. The summed E-state index contributed by atoms with van der Waals surface area (Å²) in [5.74, 6) is -0.879. The number of carboxylic acid groups (broad SMARTS) is 1. The Morgan fingerprint density at radius 1 is 0.833 bits per heavy atom. The molecule has 0 spiro atoms. The zero-order valence-electron chi connectivity index (χ0n) is 10.6. The first kappa shape index (κ1) is 16.6. The molecule has 0 saturated carbocycles. The normalized spacial score (nSPS) is 9.44. The van der Waals surface area contributed by atoms with Gasteiger partial charge in [-0.15, -0.1) is 0 Å². The molecule has 102 valence electrons. The summed E-state index contributed by atoms with van der Waals surface area (Å²) in [5, 5.41) is 25.1. The number of aromatic carboxylic acids is 1. The number of carbonyl (C=O) groups is 1. The molecule has 3 N–H and O–H groups in total. The molecular weight excluding hydrogens is 232 g/mol. The van der Waals surface area contributed by atoms with Crippen molar-refractivity contribution in [2.45, 2.75) is 32.1 Å². The molecule has 0 aliphatic carbocycles. The quantitative estimate of drug-likeness (QED) is 0.652. The lowest BCUT2D eigenvalue weighted by atomic mass is 10.2. The SMILES string of the molecule is O=C(O)c1ccccc1.OCCCCCCCO. The fraction of sp³-hybridized carbons (Fsp3) is 0.500. The number of hydrogen-bond acceptors (Lipinski definition) is 3. The summed E-state index contributed by atoms with van der Waals surface area (Å²) < 4.78 is 0. The van der Waals surface area contributed by atoms with Gasteiger partial charge in [-0.2, -0.15) is 0 Å². The number of rotatable bonds is 7. The van der Waals surface area contributed by atoms with Crippen LogP contribution in [0.4, 0.5) is 0 Å². The zero-order chi connectivity index (χ0) is 13.6. The van der Waals surface area contributed by atoms with Gasteiger partial charge in [0.15, 0.2) is 0 Å². The van der Waals surface area contributed by atoms with Crippen LogP contribution in [0.5, 0.6) is 0 Å². The van der Waals surface area contributed by atoms with Crippen LogP contribution >= 0.6 is 0 Å². The highest BCUT2D eigenvalue weighted by Crippen LogP contribution is 2.00. The topological polar surface area (TPSA) is 77.8 Å². The molecule has 0 aromatic heterocycles. The lowest BCUT2D eigenvalue weighted by Gasteiger charge is -1.95. The average molecular weight is 254 g/mol. The van der Waals surface area contributed by atoms with E-state index in [0.29, 0.717) is 18.8 Å². The van der Waals surface area contributed by atoms with Gasteiger partial charge in [0.05, 0.1) is 5.56 Å². The van der Waals surface area contributed by atoms with Gasteiger partial charge < -0.3 is 15.3 Å². The van der Waals surface area contributed by atoms with Crippen LogP contribution in [0.3, 0.4) is 0 Å². The summed E-state index contributed by atoms with van der Waals surface area (Å²) in [6, 6.07) is 8.30. The van der Waals surface area contributed by atoms with Crippen LogP contribution in [0.15, 0.2) is 30.3 Å². The van der Waals surface area contributed by atoms with Gasteiger partial charge in [-0.3, -0.25) is 0 Å². The minimum absolute atomic E-state index is 0.305. The van der Waals surface area contributed by atoms with Crippen LogP contribution < -0.4 is 0 Å². The van der Waals surface area contributed by atoms with Crippen LogP contribution in [-0.4, -0.2) is 34.5 Å². The van der Waals surface area contributed by atoms with Gasteiger partial charge in [0.2, 0.25) is 0 Å². The summed E-state index contributed by atoms with van der Waals surface area (Å²) in [5.41, 5.74) is 0.331. The van der Waals surface area contributed by atoms with E-state index in [1.165, 1.54) is 0 Å². The summed E-state index contributed by atoms with van der Waals surface area (Å²) in [4.78, 5) is 10.2. The van der Waals surface area contributed by atoms with E-state index in [-0.39, 0.29) is 0 Å². The summed E-state index contributed by atoms with van der Waals surface area (Å²) in [6.45, 7) is 0.609. The maximum atomic E-state index is 10.2. The summed E-state index contributed by atoms with van der Waals surface area (Å²) in [6.07, 6.45) is 5.14. The van der Waals surface area contributed by atoms with E-state index < -0.39 is 5.97 Å². The van der Waals surface area contributed by atoms with Crippen molar-refractivity contribution >= 4 is 5.97 Å². The molecule has 0 aliphatic heterocycles. The Bertz CT molecular complexity index is 292. The standard InChI is InChI=1S/C7H6O2.C7H16O2/c8-7(9)6-4-2-1-3-5-6;8-6-4-2-1-3-5-7-9/h1-5H,(H,8,9);8-9H,1-7H2. The molecule has 1 aromatic rings. The van der Waals surface area contributed by atoms with Crippen molar-refractivity contribution in [2.24, 2.45) is 0 Å². The number of benzene rings is 1. The van der Waals surface area contributed by atoms with E-state index in [4.69, 9.17) is 15.3 Å². The molecule has 0 bridgehead atoms. The number of aliphatic hydroxyl groups is 2. The Labute approximate surface area is 108 Å². The van der Waals surface area contributed by atoms with E-state index >= 15 is 0 Å². The maximum Gasteiger partial charge on any atom is 0.335 e. The van der Waals surface area contributed by atoms with Crippen LogP contribution in [-0.2, 0) is 0 Å². The zero-order valence-corrected chi connectivity index (χ0v) is 10.6. The van der Waals surface area contributed by atoms with Crippen LogP contribution in [0, 0.1) is 0 Å². The van der Waals surface area contributed by atoms with Crippen LogP contribution in [0.25, 0.3) is 0 Å². The maximum absolute atomic E-state index is 10.2. The molecule has 4 nitrogen and oxygen atoms in total. The molecular formula is C14H22O4. The van der Waals surface area contributed by atoms with Crippen molar-refractivity contribution in [1.82, 2.24) is 0 Å². The first-order valence-electron chi connectivity index (χ1n) is 6.22. The molecule has 4 heteroatoms. The Kier molecular flexibility index (Phi) is 11.1. The number of unbranched alkanes of at least 4 members (excludes halogenated alkanes) is 4. The van der Waals surface area contributed by atoms with Gasteiger partial charge in [-0.25, -0.2) is 4.79 Å². The Balaban J connectivity index is 0.000000321. The third kappa shape index (κ3) is 9.81. The minimum atomic E-state index is -0.879. The summed E-state index contributed by atoms with van der Waals surface area (Å²) in [7, 11) is 0. The fourth-order valence-electron chi connectivity index (χ4n) is 1.33. The average Bonchev–Trinajstić information content (AvgIpc) is 2.40. The van der Waals surface area contributed by atoms with Crippen molar-refractivity contribution in [3.05, 3.63) is 35.9 Å². The van der Waals surface area contributed by atoms with Gasteiger partial charge in [0.25, 0.3) is 0 Å². The molecule has 0 saturated heterocycles. The molecule has 18 heavy (non-hydrogen) atoms. The second-order valence-electron chi connectivity index (χ2n) is 3.89. The third-order valence-corrected chi connectivity index (χ3v) is 2.34. The molecule has 0 radical (unpaired) electrons. The second kappa shape index (κ2) is 12.1.